The number of hydrogen-bond donors (Lipinski definition) is 0. The average molecular weight is 288 g/mol. The van der Waals surface area contributed by atoms with Crippen LogP contribution in [0, 0.1) is 28.1 Å². The van der Waals surface area contributed by atoms with Gasteiger partial charge in [0.05, 0.1) is 11.5 Å². The number of hydrogen-bond acceptors (Lipinski definition) is 3. The first-order chi connectivity index (χ1) is 9.77. The molecular weight excluding hydrogens is 260 g/mol. The first-order valence-corrected chi connectivity index (χ1v) is 8.07. The number of aromatic nitrogens is 3. The van der Waals surface area contributed by atoms with Gasteiger partial charge in [0.1, 0.15) is 12.2 Å². The van der Waals surface area contributed by atoms with Gasteiger partial charge in [-0.25, -0.2) is 9.67 Å². The van der Waals surface area contributed by atoms with Gasteiger partial charge in [0.15, 0.2) is 0 Å². The third-order valence-electron chi connectivity index (χ3n) is 5.04. The lowest BCUT2D eigenvalue weighted by Crippen LogP contribution is -2.34. The molecule has 1 aliphatic rings. The van der Waals surface area contributed by atoms with Crippen LogP contribution >= 0.6 is 0 Å². The van der Waals surface area contributed by atoms with E-state index in [1.807, 2.05) is 4.68 Å². The Labute approximate surface area is 128 Å². The van der Waals surface area contributed by atoms with Crippen LogP contribution in [-0.2, 0) is 6.42 Å². The maximum Gasteiger partial charge on any atom is 0.138 e. The van der Waals surface area contributed by atoms with E-state index in [1.165, 1.54) is 0 Å². The van der Waals surface area contributed by atoms with E-state index in [2.05, 4.69) is 50.8 Å². The standard InChI is InChI=1S/C17H28N4/c1-13(2)21-15(19-12-20-21)10-17(11-18)8-6-14(7-9-17)16(3,4)5/h12-14H,6-10H2,1-5H3. The molecule has 0 aromatic carbocycles. The number of nitrogens with zero attached hydrogens (tertiary/aromatic N) is 4. The minimum Gasteiger partial charge on any atom is -0.248 e. The summed E-state index contributed by atoms with van der Waals surface area (Å²) >= 11 is 0. The summed E-state index contributed by atoms with van der Waals surface area (Å²) in [6.45, 7) is 11.1. The summed E-state index contributed by atoms with van der Waals surface area (Å²) in [5.41, 5.74) is 0.0982. The lowest BCUT2D eigenvalue weighted by molar-refractivity contribution is 0.118. The summed E-state index contributed by atoms with van der Waals surface area (Å²) in [4.78, 5) is 4.39. The summed E-state index contributed by atoms with van der Waals surface area (Å²) in [7, 11) is 0. The molecule has 2 rings (SSSR count). The zero-order valence-electron chi connectivity index (χ0n) is 14.1. The van der Waals surface area contributed by atoms with Crippen LogP contribution in [0.4, 0.5) is 0 Å². The van der Waals surface area contributed by atoms with Gasteiger partial charge >= 0.3 is 0 Å². The van der Waals surface area contributed by atoms with Gasteiger partial charge in [-0.15, -0.1) is 0 Å². The molecule has 0 spiro atoms. The van der Waals surface area contributed by atoms with Crippen molar-refractivity contribution in [1.29, 1.82) is 5.26 Å². The lowest BCUT2D eigenvalue weighted by atomic mass is 9.63. The molecule has 1 aromatic heterocycles. The predicted octanol–water partition coefficient (Wildman–Crippen LogP) is 4.15. The molecule has 1 aliphatic carbocycles. The first kappa shape index (κ1) is 16.0. The Kier molecular flexibility index (Phi) is 4.41. The topological polar surface area (TPSA) is 54.5 Å². The highest BCUT2D eigenvalue weighted by Gasteiger charge is 2.40. The van der Waals surface area contributed by atoms with Crippen LogP contribution in [0.1, 0.15) is 72.2 Å². The summed E-state index contributed by atoms with van der Waals surface area (Å²) < 4.78 is 1.95. The van der Waals surface area contributed by atoms with Crippen LogP contribution in [0.3, 0.4) is 0 Å². The van der Waals surface area contributed by atoms with Gasteiger partial charge in [-0.2, -0.15) is 10.4 Å². The van der Waals surface area contributed by atoms with Gasteiger partial charge in [0.2, 0.25) is 0 Å². The summed E-state index contributed by atoms with van der Waals surface area (Å²) in [5.74, 6) is 1.68. The molecule has 4 heteroatoms. The fourth-order valence-electron chi connectivity index (χ4n) is 3.50. The quantitative estimate of drug-likeness (QED) is 0.839. The van der Waals surface area contributed by atoms with Crippen molar-refractivity contribution >= 4 is 0 Å². The lowest BCUT2D eigenvalue weighted by Gasteiger charge is -2.40. The number of rotatable bonds is 3. The Balaban J connectivity index is 2.11. The molecule has 0 radical (unpaired) electrons. The van der Waals surface area contributed by atoms with E-state index >= 15 is 0 Å². The van der Waals surface area contributed by atoms with Gasteiger partial charge in [0, 0.05) is 12.5 Å². The molecule has 1 aromatic rings. The molecule has 1 heterocycles. The third-order valence-corrected chi connectivity index (χ3v) is 5.04. The molecule has 0 saturated heterocycles. The van der Waals surface area contributed by atoms with Gasteiger partial charge in [-0.1, -0.05) is 20.8 Å². The largest absolute Gasteiger partial charge is 0.248 e. The Hall–Kier alpha value is -1.37. The van der Waals surface area contributed by atoms with Crippen LogP contribution < -0.4 is 0 Å². The predicted molar refractivity (Wildman–Crippen MR) is 83.6 cm³/mol. The SMILES string of the molecule is CC(C)n1ncnc1CC1(C#N)CCC(C(C)(C)C)CC1. The molecular formula is C17H28N4. The molecule has 0 atom stereocenters. The zero-order valence-corrected chi connectivity index (χ0v) is 14.1. The maximum absolute atomic E-state index is 9.75. The van der Waals surface area contributed by atoms with Crippen molar-refractivity contribution in [3.8, 4) is 6.07 Å². The molecule has 4 nitrogen and oxygen atoms in total. The van der Waals surface area contributed by atoms with Gasteiger partial charge in [-0.3, -0.25) is 0 Å². The minimum atomic E-state index is -0.249. The Morgan fingerprint density at radius 2 is 2.00 bits per heavy atom. The van der Waals surface area contributed by atoms with Crippen molar-refractivity contribution in [1.82, 2.24) is 14.8 Å². The molecule has 0 N–H and O–H groups in total. The van der Waals surface area contributed by atoms with Gasteiger partial charge in [0.25, 0.3) is 0 Å². The Morgan fingerprint density at radius 3 is 2.48 bits per heavy atom. The van der Waals surface area contributed by atoms with Gasteiger partial charge < -0.3 is 0 Å². The van der Waals surface area contributed by atoms with E-state index in [9.17, 15) is 5.26 Å². The van der Waals surface area contributed by atoms with Crippen molar-refractivity contribution in [2.75, 3.05) is 0 Å². The molecule has 0 aliphatic heterocycles. The van der Waals surface area contributed by atoms with Crippen molar-refractivity contribution in [3.63, 3.8) is 0 Å². The van der Waals surface area contributed by atoms with Crippen LogP contribution in [0.25, 0.3) is 0 Å². The van der Waals surface area contributed by atoms with Crippen LogP contribution in [-0.4, -0.2) is 14.8 Å². The van der Waals surface area contributed by atoms with Crippen molar-refractivity contribution in [2.45, 2.75) is 72.8 Å². The Bertz CT molecular complexity index is 508. The van der Waals surface area contributed by atoms with Crippen LogP contribution in [0.2, 0.25) is 0 Å². The normalized spacial score (nSPS) is 26.8. The highest BCUT2D eigenvalue weighted by molar-refractivity contribution is 5.08. The summed E-state index contributed by atoms with van der Waals surface area (Å²) in [6, 6.07) is 2.91. The second-order valence-corrected chi connectivity index (χ2v) is 7.92. The monoisotopic (exact) mass is 288 g/mol. The third kappa shape index (κ3) is 3.45. The van der Waals surface area contributed by atoms with Crippen molar-refractivity contribution in [3.05, 3.63) is 12.2 Å². The minimum absolute atomic E-state index is 0.249. The van der Waals surface area contributed by atoms with Crippen molar-refractivity contribution < 1.29 is 0 Å². The number of nitriles is 1. The summed E-state index contributed by atoms with van der Waals surface area (Å²) in [6.07, 6.45) is 6.60. The molecule has 0 amide bonds. The second kappa shape index (κ2) is 5.79. The van der Waals surface area contributed by atoms with E-state index in [4.69, 9.17) is 0 Å². The zero-order chi connectivity index (χ0) is 15.7. The van der Waals surface area contributed by atoms with Gasteiger partial charge in [-0.05, 0) is 50.9 Å². The average Bonchev–Trinajstić information content (AvgIpc) is 2.86. The maximum atomic E-state index is 9.75. The highest BCUT2D eigenvalue weighted by atomic mass is 15.3. The molecule has 1 saturated carbocycles. The highest BCUT2D eigenvalue weighted by Crippen LogP contribution is 2.46. The van der Waals surface area contributed by atoms with Crippen LogP contribution in [0.15, 0.2) is 6.33 Å². The smallest absolute Gasteiger partial charge is 0.138 e. The van der Waals surface area contributed by atoms with E-state index in [-0.39, 0.29) is 5.41 Å². The molecule has 21 heavy (non-hydrogen) atoms. The second-order valence-electron chi connectivity index (χ2n) is 7.92. The molecule has 0 unspecified atom stereocenters. The van der Waals surface area contributed by atoms with E-state index < -0.39 is 0 Å². The van der Waals surface area contributed by atoms with E-state index in [0.717, 1.165) is 43.8 Å². The van der Waals surface area contributed by atoms with E-state index in [1.54, 1.807) is 6.33 Å². The fourth-order valence-corrected chi connectivity index (χ4v) is 3.50. The summed E-state index contributed by atoms with van der Waals surface area (Å²) in [5, 5.41) is 14.0. The molecule has 1 fully saturated rings. The Morgan fingerprint density at radius 1 is 1.38 bits per heavy atom. The molecule has 116 valence electrons. The van der Waals surface area contributed by atoms with Crippen LogP contribution in [0.5, 0.6) is 0 Å². The molecule has 0 bridgehead atoms. The van der Waals surface area contributed by atoms with Crippen molar-refractivity contribution in [2.24, 2.45) is 16.7 Å². The first-order valence-electron chi connectivity index (χ1n) is 8.07. The van der Waals surface area contributed by atoms with E-state index in [0.29, 0.717) is 11.5 Å². The fraction of sp³-hybridized carbons (Fsp3) is 0.824.